The minimum absolute atomic E-state index is 0.768. The number of hydrogen-bond acceptors (Lipinski definition) is 4. The molecule has 0 spiro atoms. The molecule has 0 aliphatic heterocycles. The number of likely N-dealkylation sites (N-methyl/N-ethyl adjacent to an activating group) is 1. The first-order chi connectivity index (χ1) is 8.17. The zero-order valence-electron chi connectivity index (χ0n) is 11.1. The van der Waals surface area contributed by atoms with Gasteiger partial charge in [-0.3, -0.25) is 0 Å². The van der Waals surface area contributed by atoms with Crippen molar-refractivity contribution in [3.63, 3.8) is 0 Å². The van der Waals surface area contributed by atoms with E-state index in [0.717, 1.165) is 31.1 Å². The highest BCUT2D eigenvalue weighted by Crippen LogP contribution is 2.27. The molecule has 1 rings (SSSR count). The van der Waals surface area contributed by atoms with Gasteiger partial charge in [-0.2, -0.15) is 0 Å². The average molecular weight is 238 g/mol. The Bertz CT molecular complexity index is 340. The van der Waals surface area contributed by atoms with E-state index in [0.29, 0.717) is 0 Å². The summed E-state index contributed by atoms with van der Waals surface area (Å²) in [5.41, 5.74) is 1.20. The molecule has 0 unspecified atom stereocenters. The number of nitrogens with zero attached hydrogens (tertiary/aromatic N) is 1. The lowest BCUT2D eigenvalue weighted by molar-refractivity contribution is 0.354. The van der Waals surface area contributed by atoms with Gasteiger partial charge in [-0.05, 0) is 31.8 Å². The smallest absolute Gasteiger partial charge is 0.161 e. The van der Waals surface area contributed by atoms with E-state index in [4.69, 9.17) is 9.47 Å². The van der Waals surface area contributed by atoms with Crippen molar-refractivity contribution in [2.75, 3.05) is 41.4 Å². The van der Waals surface area contributed by atoms with E-state index in [9.17, 15) is 0 Å². The van der Waals surface area contributed by atoms with Crippen LogP contribution in [0, 0.1) is 0 Å². The Labute approximate surface area is 104 Å². The quantitative estimate of drug-likeness (QED) is 0.727. The van der Waals surface area contributed by atoms with Crippen LogP contribution >= 0.6 is 0 Å². The third kappa shape index (κ3) is 4.63. The van der Waals surface area contributed by atoms with Crippen molar-refractivity contribution in [1.29, 1.82) is 0 Å². The van der Waals surface area contributed by atoms with Crippen LogP contribution in [-0.2, 0) is 6.54 Å². The van der Waals surface area contributed by atoms with Gasteiger partial charge in [0.1, 0.15) is 0 Å². The number of hydrogen-bond donors (Lipinski definition) is 1. The van der Waals surface area contributed by atoms with Gasteiger partial charge in [0.25, 0.3) is 0 Å². The van der Waals surface area contributed by atoms with Crippen molar-refractivity contribution in [3.8, 4) is 11.5 Å². The lowest BCUT2D eigenvalue weighted by Gasteiger charge is -2.12. The van der Waals surface area contributed by atoms with E-state index in [1.54, 1.807) is 14.2 Å². The molecule has 0 saturated heterocycles. The molecule has 1 aromatic carbocycles. The SMILES string of the molecule is COc1ccc(CNCCN(C)C)cc1OC. The van der Waals surface area contributed by atoms with Gasteiger partial charge in [0.2, 0.25) is 0 Å². The van der Waals surface area contributed by atoms with Crippen molar-refractivity contribution >= 4 is 0 Å². The van der Waals surface area contributed by atoms with E-state index in [-0.39, 0.29) is 0 Å². The largest absolute Gasteiger partial charge is 0.493 e. The minimum Gasteiger partial charge on any atom is -0.493 e. The molecule has 0 atom stereocenters. The summed E-state index contributed by atoms with van der Waals surface area (Å²) in [5, 5.41) is 3.38. The van der Waals surface area contributed by atoms with Crippen LogP contribution < -0.4 is 14.8 Å². The number of rotatable bonds is 7. The maximum Gasteiger partial charge on any atom is 0.161 e. The summed E-state index contributed by atoms with van der Waals surface area (Å²) in [7, 11) is 7.43. The second-order valence-electron chi connectivity index (χ2n) is 4.17. The van der Waals surface area contributed by atoms with Gasteiger partial charge in [0.15, 0.2) is 11.5 Å². The topological polar surface area (TPSA) is 33.7 Å². The second kappa shape index (κ2) is 7.14. The van der Waals surface area contributed by atoms with E-state index in [1.165, 1.54) is 5.56 Å². The molecule has 1 aromatic rings. The zero-order valence-corrected chi connectivity index (χ0v) is 11.1. The fraction of sp³-hybridized carbons (Fsp3) is 0.538. The molecule has 0 fully saturated rings. The highest BCUT2D eigenvalue weighted by Gasteiger charge is 2.03. The highest BCUT2D eigenvalue weighted by atomic mass is 16.5. The molecule has 0 aromatic heterocycles. The Kier molecular flexibility index (Phi) is 5.80. The van der Waals surface area contributed by atoms with Crippen LogP contribution in [0.2, 0.25) is 0 Å². The average Bonchev–Trinajstić information content (AvgIpc) is 2.34. The van der Waals surface area contributed by atoms with Gasteiger partial charge in [-0.25, -0.2) is 0 Å². The summed E-state index contributed by atoms with van der Waals surface area (Å²) in [6.45, 7) is 2.85. The Morgan fingerprint density at radius 2 is 1.82 bits per heavy atom. The zero-order chi connectivity index (χ0) is 12.7. The van der Waals surface area contributed by atoms with Crippen LogP contribution in [0.5, 0.6) is 11.5 Å². The summed E-state index contributed by atoms with van der Waals surface area (Å²) in [6, 6.07) is 5.98. The number of nitrogens with one attached hydrogen (secondary N) is 1. The molecule has 4 nitrogen and oxygen atoms in total. The first kappa shape index (κ1) is 13.8. The molecular formula is C13H22N2O2. The van der Waals surface area contributed by atoms with Crippen molar-refractivity contribution in [2.24, 2.45) is 0 Å². The van der Waals surface area contributed by atoms with Gasteiger partial charge in [0.05, 0.1) is 14.2 Å². The summed E-state index contributed by atoms with van der Waals surface area (Å²) < 4.78 is 10.5. The van der Waals surface area contributed by atoms with Crippen molar-refractivity contribution in [3.05, 3.63) is 23.8 Å². The highest BCUT2D eigenvalue weighted by molar-refractivity contribution is 5.42. The number of benzene rings is 1. The van der Waals surface area contributed by atoms with E-state index in [2.05, 4.69) is 24.3 Å². The Morgan fingerprint density at radius 3 is 2.41 bits per heavy atom. The van der Waals surface area contributed by atoms with E-state index < -0.39 is 0 Å². The van der Waals surface area contributed by atoms with Gasteiger partial charge < -0.3 is 19.7 Å². The van der Waals surface area contributed by atoms with Crippen LogP contribution in [0.4, 0.5) is 0 Å². The normalized spacial score (nSPS) is 10.6. The summed E-state index contributed by atoms with van der Waals surface area (Å²) >= 11 is 0. The molecule has 0 aliphatic carbocycles. The first-order valence-electron chi connectivity index (χ1n) is 5.73. The number of methoxy groups -OCH3 is 2. The van der Waals surface area contributed by atoms with Crippen LogP contribution in [0.15, 0.2) is 18.2 Å². The monoisotopic (exact) mass is 238 g/mol. The van der Waals surface area contributed by atoms with E-state index >= 15 is 0 Å². The van der Waals surface area contributed by atoms with Crippen molar-refractivity contribution < 1.29 is 9.47 Å². The van der Waals surface area contributed by atoms with Gasteiger partial charge in [-0.1, -0.05) is 6.07 Å². The molecule has 0 saturated carbocycles. The third-order valence-corrected chi connectivity index (χ3v) is 2.51. The standard InChI is InChI=1S/C13H22N2O2/c1-15(2)8-7-14-10-11-5-6-12(16-3)13(9-11)17-4/h5-6,9,14H,7-8,10H2,1-4H3. The first-order valence-corrected chi connectivity index (χ1v) is 5.73. The lowest BCUT2D eigenvalue weighted by atomic mass is 10.2. The van der Waals surface area contributed by atoms with Crippen molar-refractivity contribution in [1.82, 2.24) is 10.2 Å². The van der Waals surface area contributed by atoms with E-state index in [1.807, 2.05) is 18.2 Å². The molecule has 17 heavy (non-hydrogen) atoms. The summed E-state index contributed by atoms with van der Waals surface area (Å²) in [4.78, 5) is 2.15. The third-order valence-electron chi connectivity index (χ3n) is 2.51. The predicted octanol–water partition coefficient (Wildman–Crippen LogP) is 1.35. The van der Waals surface area contributed by atoms with Gasteiger partial charge in [0, 0.05) is 19.6 Å². The summed E-state index contributed by atoms with van der Waals surface area (Å²) in [5.74, 6) is 1.55. The lowest BCUT2D eigenvalue weighted by Crippen LogP contribution is -2.26. The molecule has 0 aliphatic rings. The van der Waals surface area contributed by atoms with Crippen LogP contribution in [0.3, 0.4) is 0 Å². The number of ether oxygens (including phenoxy) is 2. The van der Waals surface area contributed by atoms with Crippen LogP contribution in [0.1, 0.15) is 5.56 Å². The maximum absolute atomic E-state index is 5.26. The molecule has 0 amide bonds. The Balaban J connectivity index is 2.48. The van der Waals surface area contributed by atoms with Crippen molar-refractivity contribution in [2.45, 2.75) is 6.54 Å². The fourth-order valence-corrected chi connectivity index (χ4v) is 1.53. The molecule has 96 valence electrons. The molecule has 0 bridgehead atoms. The van der Waals surface area contributed by atoms with Crippen LogP contribution in [-0.4, -0.2) is 46.3 Å². The summed E-state index contributed by atoms with van der Waals surface area (Å²) in [6.07, 6.45) is 0. The maximum atomic E-state index is 5.26. The van der Waals surface area contributed by atoms with Gasteiger partial charge in [-0.15, -0.1) is 0 Å². The molecule has 4 heteroatoms. The Hall–Kier alpha value is -1.26. The second-order valence-corrected chi connectivity index (χ2v) is 4.17. The Morgan fingerprint density at radius 1 is 1.12 bits per heavy atom. The minimum atomic E-state index is 0.768. The van der Waals surface area contributed by atoms with Gasteiger partial charge >= 0.3 is 0 Å². The molecular weight excluding hydrogens is 216 g/mol. The van der Waals surface area contributed by atoms with Crippen LogP contribution in [0.25, 0.3) is 0 Å². The fourth-order valence-electron chi connectivity index (χ4n) is 1.53. The predicted molar refractivity (Wildman–Crippen MR) is 69.8 cm³/mol. The molecule has 0 radical (unpaired) electrons. The molecule has 0 heterocycles. The molecule has 1 N–H and O–H groups in total.